The van der Waals surface area contributed by atoms with Crippen molar-refractivity contribution in [1.29, 1.82) is 0 Å². The summed E-state index contributed by atoms with van der Waals surface area (Å²) < 4.78 is 0. The maximum absolute atomic E-state index is 12.8. The maximum Gasteiger partial charge on any atom is 0.251 e. The lowest BCUT2D eigenvalue weighted by Gasteiger charge is -2.31. The van der Waals surface area contributed by atoms with Gasteiger partial charge in [-0.25, -0.2) is 4.98 Å². The Morgan fingerprint density at radius 1 is 0.938 bits per heavy atom. The van der Waals surface area contributed by atoms with E-state index in [0.29, 0.717) is 17.1 Å². The van der Waals surface area contributed by atoms with Crippen molar-refractivity contribution in [2.45, 2.75) is 38.1 Å². The van der Waals surface area contributed by atoms with E-state index < -0.39 is 5.91 Å². The Morgan fingerprint density at radius 2 is 1.47 bits per heavy atom. The van der Waals surface area contributed by atoms with Crippen LogP contribution in [0.25, 0.3) is 0 Å². The largest absolute Gasteiger partial charge is 0.366 e. The summed E-state index contributed by atoms with van der Waals surface area (Å²) in [5.41, 5.74) is 10.4. The lowest BCUT2D eigenvalue weighted by atomic mass is 9.76. The molecule has 0 radical (unpaired) electrons. The minimum atomic E-state index is -0.526. The zero-order chi connectivity index (χ0) is 23.3. The van der Waals surface area contributed by atoms with Crippen LogP contribution in [0.15, 0.2) is 65.7 Å². The second-order valence-corrected chi connectivity index (χ2v) is 9.09. The number of hydrogen-bond donors (Lipinski definition) is 2. The van der Waals surface area contributed by atoms with Crippen molar-refractivity contribution in [2.24, 2.45) is 5.73 Å². The number of carbonyl (C=O) groups excluding carboxylic acids is 2. The molecule has 3 N–H and O–H groups in total. The molecule has 0 spiro atoms. The van der Waals surface area contributed by atoms with Crippen molar-refractivity contribution in [3.05, 3.63) is 94.2 Å². The van der Waals surface area contributed by atoms with Crippen molar-refractivity contribution >= 4 is 23.6 Å². The van der Waals surface area contributed by atoms with Gasteiger partial charge in [0.15, 0.2) is 0 Å². The number of nitrogens with one attached hydrogen (secondary N) is 1. The highest BCUT2D eigenvalue weighted by Crippen LogP contribution is 2.31. The van der Waals surface area contributed by atoms with E-state index in [1.807, 2.05) is 57.2 Å². The number of aryl methyl sites for hydroxylation is 1. The molecule has 5 nitrogen and oxygen atoms in total. The fourth-order valence-corrected chi connectivity index (χ4v) is 4.72. The monoisotopic (exact) mass is 447 g/mol. The van der Waals surface area contributed by atoms with Crippen molar-refractivity contribution in [3.63, 3.8) is 0 Å². The number of primary amides is 1. The summed E-state index contributed by atoms with van der Waals surface area (Å²) in [5.74, 6) is -0.502. The van der Waals surface area contributed by atoms with Crippen LogP contribution in [0.3, 0.4) is 0 Å². The molecule has 0 aliphatic carbocycles. The first-order valence-corrected chi connectivity index (χ1v) is 11.5. The SMILES string of the molecule is Cc1nc(SCC(=O)NCC(C)(c2ccccc2)c2ccccc2)c(C(N)=O)c(C)c1C. The highest BCUT2D eigenvalue weighted by molar-refractivity contribution is 8.00. The van der Waals surface area contributed by atoms with Gasteiger partial charge in [0.1, 0.15) is 5.03 Å². The molecule has 1 heterocycles. The van der Waals surface area contributed by atoms with Gasteiger partial charge in [-0.05, 0) is 49.9 Å². The van der Waals surface area contributed by atoms with Gasteiger partial charge in [-0.15, -0.1) is 0 Å². The van der Waals surface area contributed by atoms with E-state index >= 15 is 0 Å². The van der Waals surface area contributed by atoms with E-state index in [0.717, 1.165) is 27.9 Å². The number of carbonyl (C=O) groups is 2. The van der Waals surface area contributed by atoms with Crippen LogP contribution in [-0.4, -0.2) is 29.1 Å². The highest BCUT2D eigenvalue weighted by Gasteiger charge is 2.29. The Labute approximate surface area is 193 Å². The summed E-state index contributed by atoms with van der Waals surface area (Å²) in [6.07, 6.45) is 0. The number of nitrogens with zero attached hydrogens (tertiary/aromatic N) is 1. The standard InChI is InChI=1S/C26H29N3O2S/c1-17-18(2)23(24(27)31)25(29-19(17)3)32-15-22(30)28-16-26(4,20-11-7-5-8-12-20)21-13-9-6-10-14-21/h5-14H,15-16H2,1-4H3,(H2,27,31)(H,28,30). The second-order valence-electron chi connectivity index (χ2n) is 8.12. The highest BCUT2D eigenvalue weighted by atomic mass is 32.2. The van der Waals surface area contributed by atoms with Crippen LogP contribution in [0.5, 0.6) is 0 Å². The predicted octanol–water partition coefficient (Wildman–Crippen LogP) is 4.32. The first kappa shape index (κ1) is 23.5. The van der Waals surface area contributed by atoms with Crippen molar-refractivity contribution < 1.29 is 9.59 Å². The average molecular weight is 448 g/mol. The Hall–Kier alpha value is -3.12. The smallest absolute Gasteiger partial charge is 0.251 e. The van der Waals surface area contributed by atoms with Crippen molar-refractivity contribution in [2.75, 3.05) is 12.3 Å². The third-order valence-electron chi connectivity index (χ3n) is 6.01. The Bertz CT molecular complexity index is 1080. The zero-order valence-corrected chi connectivity index (χ0v) is 19.8. The van der Waals surface area contributed by atoms with Gasteiger partial charge in [-0.3, -0.25) is 9.59 Å². The Morgan fingerprint density at radius 3 is 1.97 bits per heavy atom. The average Bonchev–Trinajstić information content (AvgIpc) is 2.80. The molecule has 0 saturated heterocycles. The fourth-order valence-electron chi connectivity index (χ4n) is 3.75. The summed E-state index contributed by atoms with van der Waals surface area (Å²) in [6.45, 7) is 8.24. The van der Waals surface area contributed by atoms with Gasteiger partial charge < -0.3 is 11.1 Å². The first-order valence-electron chi connectivity index (χ1n) is 10.5. The molecule has 3 aromatic rings. The van der Waals surface area contributed by atoms with Crippen LogP contribution >= 0.6 is 11.8 Å². The number of rotatable bonds is 8. The molecule has 2 amide bonds. The molecule has 0 aliphatic rings. The molecule has 0 aliphatic heterocycles. The molecule has 0 fully saturated rings. The minimum Gasteiger partial charge on any atom is -0.366 e. The first-order chi connectivity index (χ1) is 15.2. The summed E-state index contributed by atoms with van der Waals surface area (Å²) in [5, 5.41) is 3.58. The number of thioether (sulfide) groups is 1. The molecule has 0 atom stereocenters. The maximum atomic E-state index is 12.8. The molecule has 32 heavy (non-hydrogen) atoms. The van der Waals surface area contributed by atoms with Crippen LogP contribution in [0.4, 0.5) is 0 Å². The lowest BCUT2D eigenvalue weighted by molar-refractivity contribution is -0.118. The van der Waals surface area contributed by atoms with Crippen molar-refractivity contribution in [1.82, 2.24) is 10.3 Å². The van der Waals surface area contributed by atoms with E-state index in [9.17, 15) is 9.59 Å². The summed E-state index contributed by atoms with van der Waals surface area (Å²) in [6, 6.07) is 20.3. The van der Waals surface area contributed by atoms with Crippen LogP contribution < -0.4 is 11.1 Å². The molecule has 0 saturated carbocycles. The van der Waals surface area contributed by atoms with Gasteiger partial charge in [0.2, 0.25) is 5.91 Å². The van der Waals surface area contributed by atoms with Crippen LogP contribution in [0.1, 0.15) is 45.2 Å². The summed E-state index contributed by atoms with van der Waals surface area (Å²) in [4.78, 5) is 29.3. The van der Waals surface area contributed by atoms with Gasteiger partial charge in [-0.2, -0.15) is 0 Å². The fraction of sp³-hybridized carbons (Fsp3) is 0.269. The zero-order valence-electron chi connectivity index (χ0n) is 18.9. The third-order valence-corrected chi connectivity index (χ3v) is 6.99. The van der Waals surface area contributed by atoms with E-state index in [2.05, 4.69) is 41.5 Å². The number of hydrogen-bond acceptors (Lipinski definition) is 4. The number of pyridine rings is 1. The van der Waals surface area contributed by atoms with Gasteiger partial charge in [0.25, 0.3) is 5.91 Å². The van der Waals surface area contributed by atoms with E-state index in [1.165, 1.54) is 11.8 Å². The topological polar surface area (TPSA) is 85.1 Å². The molecule has 6 heteroatoms. The van der Waals surface area contributed by atoms with Crippen molar-refractivity contribution in [3.8, 4) is 0 Å². The number of nitrogens with two attached hydrogens (primary N) is 1. The summed E-state index contributed by atoms with van der Waals surface area (Å²) in [7, 11) is 0. The van der Waals surface area contributed by atoms with Gasteiger partial charge >= 0.3 is 0 Å². The Kier molecular flexibility index (Phi) is 7.36. The molecule has 166 valence electrons. The summed E-state index contributed by atoms with van der Waals surface area (Å²) >= 11 is 1.24. The normalized spacial score (nSPS) is 11.2. The quantitative estimate of drug-likeness (QED) is 0.504. The number of aromatic nitrogens is 1. The molecule has 2 aromatic carbocycles. The number of amides is 2. The van der Waals surface area contributed by atoms with Crippen LogP contribution in [0.2, 0.25) is 0 Å². The molecule has 3 rings (SSSR count). The van der Waals surface area contributed by atoms with Gasteiger partial charge in [0.05, 0.1) is 11.3 Å². The van der Waals surface area contributed by atoms with Crippen LogP contribution in [0, 0.1) is 20.8 Å². The molecule has 1 aromatic heterocycles. The molecular formula is C26H29N3O2S. The Balaban J connectivity index is 1.76. The molecule has 0 unspecified atom stereocenters. The van der Waals surface area contributed by atoms with Gasteiger partial charge in [0, 0.05) is 17.7 Å². The minimum absolute atomic E-state index is 0.124. The van der Waals surface area contributed by atoms with E-state index in [4.69, 9.17) is 5.73 Å². The third kappa shape index (κ3) is 5.02. The lowest BCUT2D eigenvalue weighted by Crippen LogP contribution is -2.40. The predicted molar refractivity (Wildman–Crippen MR) is 130 cm³/mol. The van der Waals surface area contributed by atoms with Gasteiger partial charge in [-0.1, -0.05) is 72.4 Å². The molecule has 0 bridgehead atoms. The van der Waals surface area contributed by atoms with E-state index in [-0.39, 0.29) is 17.1 Å². The van der Waals surface area contributed by atoms with Crippen LogP contribution in [-0.2, 0) is 10.2 Å². The number of benzene rings is 2. The van der Waals surface area contributed by atoms with E-state index in [1.54, 1.807) is 0 Å². The molecular weight excluding hydrogens is 418 g/mol. The second kappa shape index (κ2) is 10.0.